The van der Waals surface area contributed by atoms with Gasteiger partial charge in [-0.15, -0.1) is 0 Å². The molecule has 0 aromatic heterocycles. The lowest BCUT2D eigenvalue weighted by molar-refractivity contribution is 0.0996. The van der Waals surface area contributed by atoms with Crippen LogP contribution in [-0.2, 0) is 0 Å². The fourth-order valence-electron chi connectivity index (χ4n) is 1.76. The molecule has 5 nitrogen and oxygen atoms in total. The van der Waals surface area contributed by atoms with Crippen molar-refractivity contribution in [1.29, 1.82) is 0 Å². The van der Waals surface area contributed by atoms with Gasteiger partial charge in [-0.25, -0.2) is 0 Å². The number of carbonyl (C=O) groups excluding carboxylic acids is 1. The van der Waals surface area contributed by atoms with Gasteiger partial charge in [0.15, 0.2) is 0 Å². The van der Waals surface area contributed by atoms with Crippen LogP contribution >= 0.6 is 0 Å². The lowest BCUT2D eigenvalue weighted by atomic mass is 10.1. The lowest BCUT2D eigenvalue weighted by Crippen LogP contribution is -2.17. The molecule has 0 radical (unpaired) electrons. The molecule has 0 fully saturated rings. The van der Waals surface area contributed by atoms with Gasteiger partial charge in [0.25, 0.3) is 5.91 Å². The highest BCUT2D eigenvalue weighted by Gasteiger charge is 2.12. The molecule has 0 aliphatic heterocycles. The van der Waals surface area contributed by atoms with Crippen molar-refractivity contribution in [2.75, 3.05) is 18.9 Å². The van der Waals surface area contributed by atoms with E-state index >= 15 is 0 Å². The largest absolute Gasteiger partial charge is 0.490 e. The van der Waals surface area contributed by atoms with Crippen LogP contribution in [-0.4, -0.2) is 19.1 Å². The zero-order valence-corrected chi connectivity index (χ0v) is 10.9. The van der Waals surface area contributed by atoms with Crippen LogP contribution in [0.3, 0.4) is 0 Å². The van der Waals surface area contributed by atoms with Gasteiger partial charge < -0.3 is 20.9 Å². The number of hydrogen-bond acceptors (Lipinski definition) is 4. The minimum atomic E-state index is -0.609. The van der Waals surface area contributed by atoms with Crippen molar-refractivity contribution < 1.29 is 14.3 Å². The molecule has 2 aromatic carbocycles. The lowest BCUT2D eigenvalue weighted by Gasteiger charge is -2.12. The molecule has 5 heteroatoms. The number of primary amides is 1. The number of rotatable bonds is 6. The molecule has 0 spiro atoms. The summed E-state index contributed by atoms with van der Waals surface area (Å²) in [5.41, 5.74) is 11.5. The summed E-state index contributed by atoms with van der Waals surface area (Å²) in [5, 5.41) is 0. The molecule has 0 saturated heterocycles. The Morgan fingerprint density at radius 3 is 2.35 bits per heavy atom. The van der Waals surface area contributed by atoms with E-state index in [4.69, 9.17) is 20.9 Å². The number of amides is 1. The molecule has 2 aromatic rings. The Morgan fingerprint density at radius 1 is 0.950 bits per heavy atom. The molecule has 0 aliphatic carbocycles. The zero-order chi connectivity index (χ0) is 14.4. The fourth-order valence-corrected chi connectivity index (χ4v) is 1.76. The van der Waals surface area contributed by atoms with Gasteiger partial charge in [-0.05, 0) is 24.3 Å². The molecule has 0 atom stereocenters. The summed E-state index contributed by atoms with van der Waals surface area (Å²) in [7, 11) is 0. The third-order valence-corrected chi connectivity index (χ3v) is 2.66. The van der Waals surface area contributed by atoms with Crippen molar-refractivity contribution in [3.05, 3.63) is 54.1 Å². The summed E-state index contributed by atoms with van der Waals surface area (Å²) >= 11 is 0. The van der Waals surface area contributed by atoms with Crippen molar-refractivity contribution in [2.24, 2.45) is 5.73 Å². The van der Waals surface area contributed by atoms with Crippen LogP contribution in [0.5, 0.6) is 11.5 Å². The van der Waals surface area contributed by atoms with E-state index in [1.807, 2.05) is 30.3 Å². The van der Waals surface area contributed by atoms with Crippen molar-refractivity contribution in [3.63, 3.8) is 0 Å². The molecule has 1 amide bonds. The standard InChI is InChI=1S/C15H16N2O3/c16-12-7-4-8-13(14(12)15(17)18)20-10-9-19-11-5-2-1-3-6-11/h1-8H,9-10,16H2,(H2,17,18). The van der Waals surface area contributed by atoms with Crippen LogP contribution in [0.15, 0.2) is 48.5 Å². The number of hydrogen-bond donors (Lipinski definition) is 2. The molecule has 0 bridgehead atoms. The summed E-state index contributed by atoms with van der Waals surface area (Å²) < 4.78 is 11.0. The summed E-state index contributed by atoms with van der Waals surface area (Å²) in [6.07, 6.45) is 0. The molecule has 4 N–H and O–H groups in total. The Hall–Kier alpha value is -2.69. The number of anilines is 1. The van der Waals surface area contributed by atoms with E-state index in [1.54, 1.807) is 18.2 Å². The second-order valence-corrected chi connectivity index (χ2v) is 4.09. The highest BCUT2D eigenvalue weighted by Crippen LogP contribution is 2.23. The third-order valence-electron chi connectivity index (χ3n) is 2.66. The molecule has 20 heavy (non-hydrogen) atoms. The van der Waals surface area contributed by atoms with Crippen LogP contribution < -0.4 is 20.9 Å². The van der Waals surface area contributed by atoms with E-state index in [1.165, 1.54) is 0 Å². The molecule has 0 heterocycles. The maximum atomic E-state index is 11.3. The number of nitrogen functional groups attached to an aromatic ring is 1. The van der Waals surface area contributed by atoms with Crippen LogP contribution in [0.25, 0.3) is 0 Å². The van der Waals surface area contributed by atoms with Crippen LogP contribution in [0.2, 0.25) is 0 Å². The van der Waals surface area contributed by atoms with Gasteiger partial charge in [-0.3, -0.25) is 4.79 Å². The fraction of sp³-hybridized carbons (Fsp3) is 0.133. The Bertz CT molecular complexity index is 585. The second kappa shape index (κ2) is 6.47. The van der Waals surface area contributed by atoms with E-state index in [0.717, 1.165) is 5.75 Å². The van der Waals surface area contributed by atoms with Crippen LogP contribution in [0, 0.1) is 0 Å². The maximum absolute atomic E-state index is 11.3. The first-order chi connectivity index (χ1) is 9.68. The van der Waals surface area contributed by atoms with Crippen LogP contribution in [0.4, 0.5) is 5.69 Å². The van der Waals surface area contributed by atoms with Gasteiger partial charge in [-0.1, -0.05) is 24.3 Å². The average molecular weight is 272 g/mol. The third kappa shape index (κ3) is 3.41. The minimum absolute atomic E-state index is 0.201. The Labute approximate surface area is 117 Å². The predicted molar refractivity (Wildman–Crippen MR) is 76.8 cm³/mol. The molecular weight excluding hydrogens is 256 g/mol. The van der Waals surface area contributed by atoms with Crippen LogP contribution in [0.1, 0.15) is 10.4 Å². The number of benzene rings is 2. The number of carbonyl (C=O) groups is 1. The number of ether oxygens (including phenoxy) is 2. The van der Waals surface area contributed by atoms with Crippen molar-refractivity contribution in [3.8, 4) is 11.5 Å². The molecular formula is C15H16N2O3. The number of nitrogens with two attached hydrogens (primary N) is 2. The van der Waals surface area contributed by atoms with E-state index < -0.39 is 5.91 Å². The summed E-state index contributed by atoms with van der Waals surface area (Å²) in [4.78, 5) is 11.3. The van der Waals surface area contributed by atoms with E-state index in [0.29, 0.717) is 24.7 Å². The SMILES string of the molecule is NC(=O)c1c(N)cccc1OCCOc1ccccc1. The maximum Gasteiger partial charge on any atom is 0.254 e. The highest BCUT2D eigenvalue weighted by atomic mass is 16.5. The topological polar surface area (TPSA) is 87.6 Å². The van der Waals surface area contributed by atoms with Crippen molar-refractivity contribution in [1.82, 2.24) is 0 Å². The number of para-hydroxylation sites is 1. The monoisotopic (exact) mass is 272 g/mol. The minimum Gasteiger partial charge on any atom is -0.490 e. The van der Waals surface area contributed by atoms with Gasteiger partial charge in [0.2, 0.25) is 0 Å². The van der Waals surface area contributed by atoms with E-state index in [9.17, 15) is 4.79 Å². The smallest absolute Gasteiger partial charge is 0.254 e. The first-order valence-corrected chi connectivity index (χ1v) is 6.17. The summed E-state index contributed by atoms with van der Waals surface area (Å²) in [6, 6.07) is 14.4. The first kappa shape index (κ1) is 13.7. The Morgan fingerprint density at radius 2 is 1.65 bits per heavy atom. The van der Waals surface area contributed by atoms with Crippen molar-refractivity contribution in [2.45, 2.75) is 0 Å². The van der Waals surface area contributed by atoms with Gasteiger partial charge in [0.1, 0.15) is 30.3 Å². The second-order valence-electron chi connectivity index (χ2n) is 4.09. The van der Waals surface area contributed by atoms with Gasteiger partial charge >= 0.3 is 0 Å². The molecule has 0 aliphatic rings. The van der Waals surface area contributed by atoms with E-state index in [-0.39, 0.29) is 5.56 Å². The van der Waals surface area contributed by atoms with Gasteiger partial charge in [0, 0.05) is 5.69 Å². The summed E-state index contributed by atoms with van der Waals surface area (Å²) in [6.45, 7) is 0.648. The first-order valence-electron chi connectivity index (χ1n) is 6.17. The van der Waals surface area contributed by atoms with Gasteiger partial charge in [0.05, 0.1) is 0 Å². The van der Waals surface area contributed by atoms with E-state index in [2.05, 4.69) is 0 Å². The zero-order valence-electron chi connectivity index (χ0n) is 10.9. The predicted octanol–water partition coefficient (Wildman–Crippen LogP) is 1.83. The Kier molecular flexibility index (Phi) is 4.44. The quantitative estimate of drug-likeness (QED) is 0.620. The molecule has 2 rings (SSSR count). The molecule has 104 valence electrons. The highest BCUT2D eigenvalue weighted by molar-refractivity contribution is 6.00. The average Bonchev–Trinajstić information content (AvgIpc) is 2.44. The normalized spacial score (nSPS) is 10.0. The molecule has 0 unspecified atom stereocenters. The summed E-state index contributed by atoms with van der Waals surface area (Å²) in [5.74, 6) is 0.523. The van der Waals surface area contributed by atoms with Crippen molar-refractivity contribution >= 4 is 11.6 Å². The van der Waals surface area contributed by atoms with Gasteiger partial charge in [-0.2, -0.15) is 0 Å². The molecule has 0 saturated carbocycles. The Balaban J connectivity index is 1.92.